The van der Waals surface area contributed by atoms with Gasteiger partial charge in [-0.3, -0.25) is 0 Å². The molecule has 0 aromatic carbocycles. The summed E-state index contributed by atoms with van der Waals surface area (Å²) in [6, 6.07) is 1.80. The molecule has 4 heteroatoms. The molecular formula is C10H18N4. The van der Waals surface area contributed by atoms with E-state index in [1.165, 1.54) is 0 Å². The van der Waals surface area contributed by atoms with E-state index in [0.29, 0.717) is 11.7 Å². The summed E-state index contributed by atoms with van der Waals surface area (Å²) < 4.78 is 0. The van der Waals surface area contributed by atoms with Gasteiger partial charge >= 0.3 is 0 Å². The Morgan fingerprint density at radius 2 is 2.07 bits per heavy atom. The zero-order chi connectivity index (χ0) is 10.7. The highest BCUT2D eigenvalue weighted by Gasteiger charge is 2.08. The van der Waals surface area contributed by atoms with Crippen LogP contribution in [-0.4, -0.2) is 23.6 Å². The molecule has 4 nitrogen and oxygen atoms in total. The molecule has 14 heavy (non-hydrogen) atoms. The van der Waals surface area contributed by atoms with Crippen molar-refractivity contribution in [2.24, 2.45) is 0 Å². The van der Waals surface area contributed by atoms with Crippen LogP contribution >= 0.6 is 0 Å². The normalized spacial score (nSPS) is 10.6. The second kappa shape index (κ2) is 4.26. The first kappa shape index (κ1) is 10.8. The fourth-order valence-electron chi connectivity index (χ4n) is 1.09. The topological polar surface area (TPSA) is 55.0 Å². The third kappa shape index (κ3) is 2.34. The first-order valence-corrected chi connectivity index (χ1v) is 4.90. The van der Waals surface area contributed by atoms with Crippen molar-refractivity contribution in [1.82, 2.24) is 9.97 Å². The molecule has 0 saturated heterocycles. The number of nitrogens with two attached hydrogens (primary N) is 1. The Bertz CT molecular complexity index is 309. The van der Waals surface area contributed by atoms with Crippen molar-refractivity contribution in [2.45, 2.75) is 26.7 Å². The molecule has 0 bridgehead atoms. The van der Waals surface area contributed by atoms with E-state index in [2.05, 4.69) is 30.7 Å². The quantitative estimate of drug-likeness (QED) is 0.794. The maximum absolute atomic E-state index is 5.71. The van der Waals surface area contributed by atoms with E-state index in [4.69, 9.17) is 5.73 Å². The molecule has 0 atom stereocenters. The summed E-state index contributed by atoms with van der Waals surface area (Å²) >= 11 is 0. The molecule has 0 saturated carbocycles. The molecule has 1 rings (SSSR count). The van der Waals surface area contributed by atoms with E-state index in [1.54, 1.807) is 6.07 Å². The lowest BCUT2D eigenvalue weighted by Gasteiger charge is -2.17. The van der Waals surface area contributed by atoms with Gasteiger partial charge in [0.25, 0.3) is 0 Å². The molecule has 1 heterocycles. The van der Waals surface area contributed by atoms with E-state index in [9.17, 15) is 0 Å². The fourth-order valence-corrected chi connectivity index (χ4v) is 1.09. The lowest BCUT2D eigenvalue weighted by Crippen LogP contribution is -2.19. The average Bonchev–Trinajstić information content (AvgIpc) is 2.15. The van der Waals surface area contributed by atoms with Crippen molar-refractivity contribution < 1.29 is 0 Å². The van der Waals surface area contributed by atoms with Gasteiger partial charge in [-0.1, -0.05) is 13.8 Å². The summed E-state index contributed by atoms with van der Waals surface area (Å²) in [7, 11) is 1.99. The molecule has 0 aliphatic carbocycles. The highest BCUT2D eigenvalue weighted by Crippen LogP contribution is 2.17. The fraction of sp³-hybridized carbons (Fsp3) is 0.600. The molecule has 2 N–H and O–H groups in total. The number of aromatic nitrogens is 2. The van der Waals surface area contributed by atoms with Crippen LogP contribution in [0, 0.1) is 0 Å². The van der Waals surface area contributed by atoms with Gasteiger partial charge in [0.05, 0.1) is 0 Å². The van der Waals surface area contributed by atoms with Crippen molar-refractivity contribution in [2.75, 3.05) is 24.2 Å². The van der Waals surface area contributed by atoms with Crippen molar-refractivity contribution in [3.63, 3.8) is 0 Å². The Morgan fingerprint density at radius 3 is 2.57 bits per heavy atom. The number of anilines is 2. The van der Waals surface area contributed by atoms with E-state index in [0.717, 1.165) is 18.2 Å². The largest absolute Gasteiger partial charge is 0.384 e. The standard InChI is InChI=1S/C10H18N4/c1-5-14(4)9-6-8(11)12-10(13-9)7(2)3/h6-7H,5H2,1-4H3,(H2,11,12,13). The van der Waals surface area contributed by atoms with Gasteiger partial charge in [-0.15, -0.1) is 0 Å². The second-order valence-corrected chi connectivity index (χ2v) is 3.68. The van der Waals surface area contributed by atoms with Crippen molar-refractivity contribution >= 4 is 11.6 Å². The zero-order valence-corrected chi connectivity index (χ0v) is 9.28. The van der Waals surface area contributed by atoms with Crippen LogP contribution in [0.1, 0.15) is 32.5 Å². The Kier molecular flexibility index (Phi) is 3.28. The summed E-state index contributed by atoms with van der Waals surface area (Å²) in [4.78, 5) is 10.7. The third-order valence-corrected chi connectivity index (χ3v) is 2.13. The van der Waals surface area contributed by atoms with Crippen LogP contribution < -0.4 is 10.6 Å². The van der Waals surface area contributed by atoms with Crippen LogP contribution in [0.25, 0.3) is 0 Å². The van der Waals surface area contributed by atoms with E-state index < -0.39 is 0 Å². The van der Waals surface area contributed by atoms with Crippen LogP contribution in [0.2, 0.25) is 0 Å². The van der Waals surface area contributed by atoms with E-state index in [1.807, 2.05) is 11.9 Å². The van der Waals surface area contributed by atoms with Gasteiger partial charge in [-0.2, -0.15) is 0 Å². The minimum Gasteiger partial charge on any atom is -0.384 e. The predicted molar refractivity (Wildman–Crippen MR) is 59.5 cm³/mol. The molecule has 0 spiro atoms. The minimum absolute atomic E-state index is 0.308. The van der Waals surface area contributed by atoms with Gasteiger partial charge in [0.1, 0.15) is 17.5 Å². The molecule has 1 aromatic rings. The smallest absolute Gasteiger partial charge is 0.135 e. The number of hydrogen-bond acceptors (Lipinski definition) is 4. The average molecular weight is 194 g/mol. The third-order valence-electron chi connectivity index (χ3n) is 2.13. The SMILES string of the molecule is CCN(C)c1cc(N)nc(C(C)C)n1. The summed E-state index contributed by atoms with van der Waals surface area (Å²) in [5.41, 5.74) is 5.71. The summed E-state index contributed by atoms with van der Waals surface area (Å²) in [5.74, 6) is 2.55. The maximum atomic E-state index is 5.71. The van der Waals surface area contributed by atoms with Crippen LogP contribution in [0.4, 0.5) is 11.6 Å². The van der Waals surface area contributed by atoms with Gasteiger partial charge in [0.2, 0.25) is 0 Å². The van der Waals surface area contributed by atoms with Gasteiger partial charge in [-0.25, -0.2) is 9.97 Å². The van der Waals surface area contributed by atoms with Crippen molar-refractivity contribution in [3.8, 4) is 0 Å². The highest BCUT2D eigenvalue weighted by molar-refractivity contribution is 5.46. The number of hydrogen-bond donors (Lipinski definition) is 1. The molecule has 0 radical (unpaired) electrons. The van der Waals surface area contributed by atoms with Gasteiger partial charge in [0, 0.05) is 25.6 Å². The van der Waals surface area contributed by atoms with Gasteiger partial charge in [-0.05, 0) is 6.92 Å². The number of rotatable bonds is 3. The van der Waals surface area contributed by atoms with Crippen molar-refractivity contribution in [1.29, 1.82) is 0 Å². The predicted octanol–water partition coefficient (Wildman–Crippen LogP) is 1.64. The Balaban J connectivity index is 3.07. The Labute approximate surface area is 85.2 Å². The second-order valence-electron chi connectivity index (χ2n) is 3.68. The molecule has 0 amide bonds. The molecule has 1 aromatic heterocycles. The summed E-state index contributed by atoms with van der Waals surface area (Å²) in [6.07, 6.45) is 0. The number of nitrogen functional groups attached to an aromatic ring is 1. The van der Waals surface area contributed by atoms with Crippen LogP contribution in [-0.2, 0) is 0 Å². The molecule has 0 aliphatic heterocycles. The van der Waals surface area contributed by atoms with Gasteiger partial charge in [0.15, 0.2) is 0 Å². The summed E-state index contributed by atoms with van der Waals surface area (Å²) in [5, 5.41) is 0. The lowest BCUT2D eigenvalue weighted by atomic mass is 10.2. The molecule has 0 fully saturated rings. The van der Waals surface area contributed by atoms with Crippen molar-refractivity contribution in [3.05, 3.63) is 11.9 Å². The van der Waals surface area contributed by atoms with Crippen LogP contribution in [0.15, 0.2) is 6.07 Å². The molecular weight excluding hydrogens is 176 g/mol. The maximum Gasteiger partial charge on any atom is 0.135 e. The first-order chi connectivity index (χ1) is 6.54. The van der Waals surface area contributed by atoms with E-state index >= 15 is 0 Å². The first-order valence-electron chi connectivity index (χ1n) is 4.90. The van der Waals surface area contributed by atoms with Crippen LogP contribution in [0.3, 0.4) is 0 Å². The van der Waals surface area contributed by atoms with E-state index in [-0.39, 0.29) is 0 Å². The van der Waals surface area contributed by atoms with Gasteiger partial charge < -0.3 is 10.6 Å². The Morgan fingerprint density at radius 1 is 1.43 bits per heavy atom. The monoisotopic (exact) mass is 194 g/mol. The Hall–Kier alpha value is -1.32. The van der Waals surface area contributed by atoms with Crippen LogP contribution in [0.5, 0.6) is 0 Å². The summed E-state index contributed by atoms with van der Waals surface area (Å²) in [6.45, 7) is 7.11. The molecule has 0 aliphatic rings. The molecule has 78 valence electrons. The lowest BCUT2D eigenvalue weighted by molar-refractivity contribution is 0.768. The zero-order valence-electron chi connectivity index (χ0n) is 9.28. The minimum atomic E-state index is 0.308. The highest BCUT2D eigenvalue weighted by atomic mass is 15.2. The molecule has 0 unspecified atom stereocenters. The number of nitrogens with zero attached hydrogens (tertiary/aromatic N) is 3.